The quantitative estimate of drug-likeness (QED) is 0.797. The van der Waals surface area contributed by atoms with Crippen molar-refractivity contribution in [1.82, 2.24) is 9.80 Å². The van der Waals surface area contributed by atoms with E-state index in [-0.39, 0.29) is 12.5 Å². The topological polar surface area (TPSA) is 68.0 Å². The molecule has 0 aliphatic carbocycles. The molecule has 1 aromatic carbocycles. The number of piperazine rings is 1. The van der Waals surface area contributed by atoms with E-state index in [2.05, 4.69) is 4.90 Å². The molecular weight excluding hydrogens is 282 g/mol. The predicted molar refractivity (Wildman–Crippen MR) is 85.2 cm³/mol. The number of nitrogens with zero attached hydrogens (tertiary/aromatic N) is 2. The molecule has 0 unspecified atom stereocenters. The Morgan fingerprint density at radius 1 is 1.14 bits per heavy atom. The van der Waals surface area contributed by atoms with Crippen molar-refractivity contribution in [2.24, 2.45) is 5.73 Å². The highest BCUT2D eigenvalue weighted by molar-refractivity contribution is 5.77. The van der Waals surface area contributed by atoms with Gasteiger partial charge in [0.25, 0.3) is 5.91 Å². The maximum Gasteiger partial charge on any atom is 0.260 e. The number of ether oxygens (including phenoxy) is 2. The van der Waals surface area contributed by atoms with Crippen LogP contribution in [-0.4, -0.2) is 68.7 Å². The lowest BCUT2D eigenvalue weighted by molar-refractivity contribution is -0.135. The molecule has 1 heterocycles. The van der Waals surface area contributed by atoms with Gasteiger partial charge in [-0.1, -0.05) is 0 Å². The van der Waals surface area contributed by atoms with Gasteiger partial charge in [-0.05, 0) is 43.8 Å². The molecule has 1 amide bonds. The van der Waals surface area contributed by atoms with E-state index in [4.69, 9.17) is 15.2 Å². The number of methoxy groups -OCH3 is 1. The highest BCUT2D eigenvalue weighted by Crippen LogP contribution is 2.17. The lowest BCUT2D eigenvalue weighted by Gasteiger charge is -2.34. The minimum absolute atomic E-state index is 0.0364. The molecule has 0 bridgehead atoms. The molecule has 6 heteroatoms. The zero-order chi connectivity index (χ0) is 15.8. The molecule has 22 heavy (non-hydrogen) atoms. The van der Waals surface area contributed by atoms with Crippen LogP contribution in [0.2, 0.25) is 0 Å². The summed E-state index contributed by atoms with van der Waals surface area (Å²) in [5.74, 6) is 1.48. The first-order chi connectivity index (χ1) is 10.7. The summed E-state index contributed by atoms with van der Waals surface area (Å²) < 4.78 is 10.6. The molecule has 2 rings (SSSR count). The normalized spacial score (nSPS) is 15.6. The molecule has 1 aliphatic heterocycles. The van der Waals surface area contributed by atoms with Crippen molar-refractivity contribution >= 4 is 5.91 Å². The third-order valence-corrected chi connectivity index (χ3v) is 3.83. The van der Waals surface area contributed by atoms with Crippen LogP contribution < -0.4 is 15.2 Å². The summed E-state index contributed by atoms with van der Waals surface area (Å²) in [5, 5.41) is 0. The first-order valence-electron chi connectivity index (χ1n) is 7.70. The second kappa shape index (κ2) is 8.60. The van der Waals surface area contributed by atoms with E-state index in [9.17, 15) is 4.79 Å². The number of nitrogens with two attached hydrogens (primary N) is 1. The van der Waals surface area contributed by atoms with Crippen LogP contribution in [0.4, 0.5) is 0 Å². The monoisotopic (exact) mass is 307 g/mol. The molecule has 0 saturated carbocycles. The fraction of sp³-hybridized carbons (Fsp3) is 0.562. The zero-order valence-electron chi connectivity index (χ0n) is 13.2. The summed E-state index contributed by atoms with van der Waals surface area (Å²) in [4.78, 5) is 16.4. The van der Waals surface area contributed by atoms with Gasteiger partial charge in [-0.2, -0.15) is 0 Å². The molecule has 1 fully saturated rings. The average molecular weight is 307 g/mol. The minimum Gasteiger partial charge on any atom is -0.497 e. The van der Waals surface area contributed by atoms with Gasteiger partial charge in [-0.3, -0.25) is 9.69 Å². The summed E-state index contributed by atoms with van der Waals surface area (Å²) in [6.07, 6.45) is 1.01. The van der Waals surface area contributed by atoms with Gasteiger partial charge < -0.3 is 20.1 Å². The van der Waals surface area contributed by atoms with Gasteiger partial charge in [0.05, 0.1) is 7.11 Å². The van der Waals surface area contributed by atoms with Crippen LogP contribution in [0.25, 0.3) is 0 Å². The number of rotatable bonds is 7. The number of hydrogen-bond donors (Lipinski definition) is 1. The average Bonchev–Trinajstić information content (AvgIpc) is 2.58. The fourth-order valence-electron chi connectivity index (χ4n) is 2.44. The predicted octanol–water partition coefficient (Wildman–Crippen LogP) is 0.567. The van der Waals surface area contributed by atoms with E-state index in [0.29, 0.717) is 5.75 Å². The molecule has 0 radical (unpaired) electrons. The maximum absolute atomic E-state index is 12.2. The van der Waals surface area contributed by atoms with Crippen LogP contribution >= 0.6 is 0 Å². The summed E-state index contributed by atoms with van der Waals surface area (Å²) in [6.45, 7) is 5.15. The Kier molecular flexibility index (Phi) is 6.48. The van der Waals surface area contributed by atoms with Crippen LogP contribution in [-0.2, 0) is 4.79 Å². The van der Waals surface area contributed by atoms with Gasteiger partial charge in [0.15, 0.2) is 6.61 Å². The van der Waals surface area contributed by atoms with Gasteiger partial charge >= 0.3 is 0 Å². The SMILES string of the molecule is COc1ccc(OCC(=O)N2CCN(CCCN)CC2)cc1. The highest BCUT2D eigenvalue weighted by Gasteiger charge is 2.20. The van der Waals surface area contributed by atoms with Crippen LogP contribution in [0.15, 0.2) is 24.3 Å². The zero-order valence-corrected chi connectivity index (χ0v) is 13.2. The van der Waals surface area contributed by atoms with Crippen LogP contribution in [0.5, 0.6) is 11.5 Å². The second-order valence-electron chi connectivity index (χ2n) is 5.33. The van der Waals surface area contributed by atoms with Crippen LogP contribution in [0.3, 0.4) is 0 Å². The van der Waals surface area contributed by atoms with E-state index in [1.54, 1.807) is 19.2 Å². The van der Waals surface area contributed by atoms with Crippen molar-refractivity contribution in [3.63, 3.8) is 0 Å². The number of hydrogen-bond acceptors (Lipinski definition) is 5. The largest absolute Gasteiger partial charge is 0.497 e. The summed E-state index contributed by atoms with van der Waals surface area (Å²) in [6, 6.07) is 7.24. The first-order valence-corrected chi connectivity index (χ1v) is 7.70. The van der Waals surface area contributed by atoms with E-state index >= 15 is 0 Å². The summed E-state index contributed by atoms with van der Waals surface area (Å²) in [7, 11) is 1.62. The van der Waals surface area contributed by atoms with Crippen molar-refractivity contribution in [3.8, 4) is 11.5 Å². The van der Waals surface area contributed by atoms with Gasteiger partial charge in [0, 0.05) is 26.2 Å². The molecule has 0 atom stereocenters. The Labute approximate surface area is 131 Å². The van der Waals surface area contributed by atoms with E-state index in [0.717, 1.165) is 51.4 Å². The molecule has 2 N–H and O–H groups in total. The second-order valence-corrected chi connectivity index (χ2v) is 5.33. The molecule has 1 saturated heterocycles. The highest BCUT2D eigenvalue weighted by atomic mass is 16.5. The third-order valence-electron chi connectivity index (χ3n) is 3.83. The van der Waals surface area contributed by atoms with Crippen molar-refractivity contribution in [3.05, 3.63) is 24.3 Å². The number of carbonyl (C=O) groups is 1. The third kappa shape index (κ3) is 4.89. The Morgan fingerprint density at radius 3 is 2.36 bits per heavy atom. The van der Waals surface area contributed by atoms with Crippen molar-refractivity contribution in [2.75, 3.05) is 53.0 Å². The molecule has 6 nitrogen and oxygen atoms in total. The fourth-order valence-corrected chi connectivity index (χ4v) is 2.44. The Balaban J connectivity index is 1.71. The standard InChI is InChI=1S/C16H25N3O3/c1-21-14-3-5-15(6-4-14)22-13-16(20)19-11-9-18(10-12-19)8-2-7-17/h3-6H,2,7-13,17H2,1H3. The van der Waals surface area contributed by atoms with Gasteiger partial charge in [0.2, 0.25) is 0 Å². The van der Waals surface area contributed by atoms with Crippen molar-refractivity contribution in [1.29, 1.82) is 0 Å². The lowest BCUT2D eigenvalue weighted by Crippen LogP contribution is -2.50. The number of benzene rings is 1. The number of amides is 1. The van der Waals surface area contributed by atoms with Crippen molar-refractivity contribution < 1.29 is 14.3 Å². The van der Waals surface area contributed by atoms with Crippen LogP contribution in [0.1, 0.15) is 6.42 Å². The molecule has 1 aromatic rings. The Hall–Kier alpha value is -1.79. The lowest BCUT2D eigenvalue weighted by atomic mass is 10.3. The van der Waals surface area contributed by atoms with Gasteiger partial charge in [-0.15, -0.1) is 0 Å². The van der Waals surface area contributed by atoms with E-state index in [1.165, 1.54) is 0 Å². The van der Waals surface area contributed by atoms with Gasteiger partial charge in [0.1, 0.15) is 11.5 Å². The molecule has 1 aliphatic rings. The number of carbonyl (C=O) groups excluding carboxylic acids is 1. The Bertz CT molecular complexity index is 456. The minimum atomic E-state index is 0.0364. The maximum atomic E-state index is 12.2. The summed E-state index contributed by atoms with van der Waals surface area (Å²) >= 11 is 0. The molecule has 122 valence electrons. The van der Waals surface area contributed by atoms with E-state index < -0.39 is 0 Å². The van der Waals surface area contributed by atoms with E-state index in [1.807, 2.05) is 17.0 Å². The Morgan fingerprint density at radius 2 is 1.77 bits per heavy atom. The molecular formula is C16H25N3O3. The van der Waals surface area contributed by atoms with Crippen LogP contribution in [0, 0.1) is 0 Å². The van der Waals surface area contributed by atoms with Gasteiger partial charge in [-0.25, -0.2) is 0 Å². The van der Waals surface area contributed by atoms with Crippen molar-refractivity contribution in [2.45, 2.75) is 6.42 Å². The first kappa shape index (κ1) is 16.6. The summed E-state index contributed by atoms with van der Waals surface area (Å²) in [5.41, 5.74) is 5.52. The molecule has 0 spiro atoms. The molecule has 0 aromatic heterocycles. The smallest absolute Gasteiger partial charge is 0.260 e.